The standard InChI is InChI=1S/C15H23BrN2O/c1-18(9-13-3-5-14(16)6-4-13)11-15(10-17)7-2-8-19-12-15/h3-6H,2,7-12,17H2,1H3. The maximum atomic E-state index is 5.99. The van der Waals surface area contributed by atoms with Crippen LogP contribution in [0, 0.1) is 5.41 Å². The molecule has 1 aliphatic rings. The Bertz CT molecular complexity index is 388. The van der Waals surface area contributed by atoms with Crippen LogP contribution in [0.3, 0.4) is 0 Å². The SMILES string of the molecule is CN(Cc1ccc(Br)cc1)CC1(CN)CCCOC1. The third-order valence-electron chi connectivity index (χ3n) is 3.81. The lowest BCUT2D eigenvalue weighted by molar-refractivity contribution is -0.0192. The summed E-state index contributed by atoms with van der Waals surface area (Å²) in [4.78, 5) is 2.35. The third-order valence-corrected chi connectivity index (χ3v) is 4.34. The molecule has 0 saturated carbocycles. The van der Waals surface area contributed by atoms with E-state index in [2.05, 4.69) is 52.1 Å². The first-order valence-corrected chi connectivity index (χ1v) is 7.64. The topological polar surface area (TPSA) is 38.5 Å². The summed E-state index contributed by atoms with van der Waals surface area (Å²) in [6, 6.07) is 8.50. The van der Waals surface area contributed by atoms with E-state index < -0.39 is 0 Å². The zero-order chi connectivity index (χ0) is 13.7. The van der Waals surface area contributed by atoms with Gasteiger partial charge in [-0.2, -0.15) is 0 Å². The number of rotatable bonds is 5. The van der Waals surface area contributed by atoms with Gasteiger partial charge >= 0.3 is 0 Å². The van der Waals surface area contributed by atoms with Crippen LogP contribution < -0.4 is 5.73 Å². The van der Waals surface area contributed by atoms with Crippen LogP contribution in [-0.2, 0) is 11.3 Å². The molecule has 0 aromatic heterocycles. The molecule has 1 unspecified atom stereocenters. The van der Waals surface area contributed by atoms with Crippen molar-refractivity contribution >= 4 is 15.9 Å². The van der Waals surface area contributed by atoms with Crippen molar-refractivity contribution in [3.63, 3.8) is 0 Å². The van der Waals surface area contributed by atoms with E-state index >= 15 is 0 Å². The van der Waals surface area contributed by atoms with Crippen molar-refractivity contribution in [2.24, 2.45) is 11.1 Å². The molecule has 19 heavy (non-hydrogen) atoms. The van der Waals surface area contributed by atoms with E-state index in [0.717, 1.165) is 37.2 Å². The van der Waals surface area contributed by atoms with Gasteiger partial charge in [0.25, 0.3) is 0 Å². The highest BCUT2D eigenvalue weighted by Crippen LogP contribution is 2.28. The average Bonchev–Trinajstić information content (AvgIpc) is 2.42. The van der Waals surface area contributed by atoms with E-state index in [1.54, 1.807) is 0 Å². The lowest BCUT2D eigenvalue weighted by Crippen LogP contribution is -2.46. The highest BCUT2D eigenvalue weighted by molar-refractivity contribution is 9.10. The Hall–Kier alpha value is -0.420. The summed E-state index contributed by atoms with van der Waals surface area (Å²) < 4.78 is 6.75. The van der Waals surface area contributed by atoms with Crippen LogP contribution >= 0.6 is 15.9 Å². The monoisotopic (exact) mass is 326 g/mol. The van der Waals surface area contributed by atoms with Crippen molar-refractivity contribution in [1.29, 1.82) is 0 Å². The van der Waals surface area contributed by atoms with Gasteiger partial charge in [0.1, 0.15) is 0 Å². The zero-order valence-electron chi connectivity index (χ0n) is 11.6. The third kappa shape index (κ3) is 4.28. The van der Waals surface area contributed by atoms with E-state index in [1.165, 1.54) is 12.0 Å². The molecule has 0 spiro atoms. The molecule has 1 heterocycles. The Morgan fingerprint density at radius 3 is 2.68 bits per heavy atom. The zero-order valence-corrected chi connectivity index (χ0v) is 13.2. The van der Waals surface area contributed by atoms with Gasteiger partial charge in [0.2, 0.25) is 0 Å². The van der Waals surface area contributed by atoms with E-state index in [1.807, 2.05) is 0 Å². The second-order valence-electron chi connectivity index (χ2n) is 5.66. The molecular formula is C15H23BrN2O. The van der Waals surface area contributed by atoms with Crippen molar-refractivity contribution in [3.8, 4) is 0 Å². The number of benzene rings is 1. The Morgan fingerprint density at radius 2 is 2.11 bits per heavy atom. The summed E-state index contributed by atoms with van der Waals surface area (Å²) in [6.07, 6.45) is 2.30. The smallest absolute Gasteiger partial charge is 0.0546 e. The van der Waals surface area contributed by atoms with Gasteiger partial charge in [-0.1, -0.05) is 28.1 Å². The maximum absolute atomic E-state index is 5.99. The molecule has 0 bridgehead atoms. The van der Waals surface area contributed by atoms with E-state index in [0.29, 0.717) is 6.54 Å². The Morgan fingerprint density at radius 1 is 1.37 bits per heavy atom. The number of halogens is 1. The first kappa shape index (κ1) is 15.0. The van der Waals surface area contributed by atoms with E-state index in [-0.39, 0.29) is 5.41 Å². The fourth-order valence-corrected chi connectivity index (χ4v) is 3.05. The second kappa shape index (κ2) is 6.84. The summed E-state index contributed by atoms with van der Waals surface area (Å²) in [5.74, 6) is 0. The van der Waals surface area contributed by atoms with Crippen molar-refractivity contribution in [2.75, 3.05) is 33.4 Å². The minimum Gasteiger partial charge on any atom is -0.381 e. The van der Waals surface area contributed by atoms with Crippen LogP contribution in [0.1, 0.15) is 18.4 Å². The summed E-state index contributed by atoms with van der Waals surface area (Å²) in [5, 5.41) is 0. The molecule has 2 rings (SSSR count). The number of hydrogen-bond donors (Lipinski definition) is 1. The van der Waals surface area contributed by atoms with Gasteiger partial charge in [-0.3, -0.25) is 0 Å². The minimum atomic E-state index is 0.141. The summed E-state index contributed by atoms with van der Waals surface area (Å²) in [6.45, 7) is 4.35. The molecule has 1 aromatic rings. The molecular weight excluding hydrogens is 304 g/mol. The summed E-state index contributed by atoms with van der Waals surface area (Å²) in [5.41, 5.74) is 7.46. The van der Waals surface area contributed by atoms with Crippen molar-refractivity contribution in [1.82, 2.24) is 4.90 Å². The molecule has 2 N–H and O–H groups in total. The minimum absolute atomic E-state index is 0.141. The molecule has 1 atom stereocenters. The molecule has 1 aromatic carbocycles. The van der Waals surface area contributed by atoms with E-state index in [9.17, 15) is 0 Å². The molecule has 1 aliphatic heterocycles. The quantitative estimate of drug-likeness (QED) is 0.904. The van der Waals surface area contributed by atoms with Gasteiger partial charge in [-0.15, -0.1) is 0 Å². The molecule has 0 radical (unpaired) electrons. The number of nitrogens with two attached hydrogens (primary N) is 1. The molecule has 1 saturated heterocycles. The van der Waals surface area contributed by atoms with Gasteiger partial charge < -0.3 is 15.4 Å². The summed E-state index contributed by atoms with van der Waals surface area (Å²) in [7, 11) is 2.16. The summed E-state index contributed by atoms with van der Waals surface area (Å²) >= 11 is 3.46. The van der Waals surface area contributed by atoms with Gasteiger partial charge in [0.05, 0.1) is 6.61 Å². The molecule has 106 valence electrons. The fraction of sp³-hybridized carbons (Fsp3) is 0.600. The van der Waals surface area contributed by atoms with Crippen LogP contribution in [0.25, 0.3) is 0 Å². The van der Waals surface area contributed by atoms with Crippen LogP contribution in [0.4, 0.5) is 0 Å². The second-order valence-corrected chi connectivity index (χ2v) is 6.57. The Kier molecular flexibility index (Phi) is 5.39. The number of ether oxygens (including phenoxy) is 1. The predicted molar refractivity (Wildman–Crippen MR) is 82.0 cm³/mol. The van der Waals surface area contributed by atoms with Crippen LogP contribution in [0.15, 0.2) is 28.7 Å². The van der Waals surface area contributed by atoms with Crippen LogP contribution in [-0.4, -0.2) is 38.3 Å². The van der Waals surface area contributed by atoms with Crippen molar-refractivity contribution < 1.29 is 4.74 Å². The van der Waals surface area contributed by atoms with Crippen molar-refractivity contribution in [3.05, 3.63) is 34.3 Å². The number of hydrogen-bond acceptors (Lipinski definition) is 3. The van der Waals surface area contributed by atoms with E-state index in [4.69, 9.17) is 10.5 Å². The van der Waals surface area contributed by atoms with Crippen molar-refractivity contribution in [2.45, 2.75) is 19.4 Å². The first-order chi connectivity index (χ1) is 9.13. The predicted octanol–water partition coefficient (Wildman–Crippen LogP) is 2.64. The molecule has 1 fully saturated rings. The average molecular weight is 327 g/mol. The van der Waals surface area contributed by atoms with Gasteiger partial charge in [-0.25, -0.2) is 0 Å². The fourth-order valence-electron chi connectivity index (χ4n) is 2.79. The molecule has 0 aliphatic carbocycles. The molecule has 3 nitrogen and oxygen atoms in total. The maximum Gasteiger partial charge on any atom is 0.0546 e. The van der Waals surface area contributed by atoms with Gasteiger partial charge in [-0.05, 0) is 37.6 Å². The van der Waals surface area contributed by atoms with Gasteiger partial charge in [0, 0.05) is 36.1 Å². The molecule has 0 amide bonds. The highest BCUT2D eigenvalue weighted by atomic mass is 79.9. The lowest BCUT2D eigenvalue weighted by atomic mass is 9.82. The largest absolute Gasteiger partial charge is 0.381 e. The highest BCUT2D eigenvalue weighted by Gasteiger charge is 2.32. The lowest BCUT2D eigenvalue weighted by Gasteiger charge is -2.39. The van der Waals surface area contributed by atoms with Crippen LogP contribution in [0.5, 0.6) is 0 Å². The normalized spacial score (nSPS) is 23.8. The Balaban J connectivity index is 1.92. The number of nitrogens with zero attached hydrogens (tertiary/aromatic N) is 1. The molecule has 4 heteroatoms. The first-order valence-electron chi connectivity index (χ1n) is 6.84. The Labute approximate surface area is 124 Å². The van der Waals surface area contributed by atoms with Gasteiger partial charge in [0.15, 0.2) is 0 Å². The van der Waals surface area contributed by atoms with Crippen LogP contribution in [0.2, 0.25) is 0 Å².